The van der Waals surface area contributed by atoms with Gasteiger partial charge in [0.15, 0.2) is 12.5 Å². The van der Waals surface area contributed by atoms with E-state index >= 15 is 0 Å². The summed E-state index contributed by atoms with van der Waals surface area (Å²) in [6, 6.07) is 19.0. The van der Waals surface area contributed by atoms with Crippen LogP contribution >= 0.6 is 11.8 Å². The van der Waals surface area contributed by atoms with Crippen molar-refractivity contribution in [3.05, 3.63) is 83.0 Å². The molecule has 0 spiro atoms. The molecule has 2 N–H and O–H groups in total. The van der Waals surface area contributed by atoms with Gasteiger partial charge in [-0.25, -0.2) is 0 Å². The average Bonchev–Trinajstić information content (AvgIpc) is 3.26. The van der Waals surface area contributed by atoms with Crippen LogP contribution in [0.25, 0.3) is 0 Å². The Labute approximate surface area is 180 Å². The van der Waals surface area contributed by atoms with Crippen molar-refractivity contribution >= 4 is 30.1 Å². The fourth-order valence-electron chi connectivity index (χ4n) is 3.46. The van der Waals surface area contributed by atoms with Gasteiger partial charge < -0.3 is 5.73 Å². The predicted molar refractivity (Wildman–Crippen MR) is 119 cm³/mol. The fraction of sp³-hybridized carbons (Fsp3) is 0.261. The van der Waals surface area contributed by atoms with Gasteiger partial charge in [0.05, 0.1) is 30.2 Å². The molecule has 1 fully saturated rings. The Morgan fingerprint density at radius 2 is 1.97 bits per heavy atom. The van der Waals surface area contributed by atoms with Crippen molar-refractivity contribution in [3.63, 3.8) is 0 Å². The second-order valence-corrected chi connectivity index (χ2v) is 8.62. The van der Waals surface area contributed by atoms with E-state index in [0.717, 1.165) is 42.9 Å². The van der Waals surface area contributed by atoms with E-state index in [9.17, 15) is 4.79 Å². The van der Waals surface area contributed by atoms with Crippen molar-refractivity contribution in [1.82, 2.24) is 10.2 Å². The topological polar surface area (TPSA) is 75.4 Å². The Hall–Kier alpha value is -2.90. The van der Waals surface area contributed by atoms with Gasteiger partial charge in [-0.05, 0) is 24.5 Å². The van der Waals surface area contributed by atoms with Crippen LogP contribution < -0.4 is 5.73 Å². The summed E-state index contributed by atoms with van der Waals surface area (Å²) in [5.74, 6) is 1.61. The van der Waals surface area contributed by atoms with E-state index in [0.29, 0.717) is 17.0 Å². The molecule has 0 saturated carbocycles. The molecule has 1 saturated heterocycles. The minimum Gasteiger partial charge on any atom is -0.318 e. The molecule has 3 aromatic rings. The summed E-state index contributed by atoms with van der Waals surface area (Å²) in [5.41, 5.74) is 9.36. The summed E-state index contributed by atoms with van der Waals surface area (Å²) >= 11 is 1.76. The number of benzene rings is 2. The predicted octanol–water partition coefficient (Wildman–Crippen LogP) is 3.28. The van der Waals surface area contributed by atoms with E-state index in [4.69, 9.17) is 10.3 Å². The maximum Gasteiger partial charge on any atom is 0.424 e. The Bertz CT molecular complexity index is 1030. The number of carbonyl (C=O) groups is 1. The zero-order chi connectivity index (χ0) is 20.9. The summed E-state index contributed by atoms with van der Waals surface area (Å²) in [6.07, 6.45) is 1.49. The lowest BCUT2D eigenvalue weighted by Gasteiger charge is -2.26. The number of ketones is 1. The SMILES string of the molecule is C=[N+](c1cc(CCc2cccc(C(=O)c3ccccc3)c2)no1)N1CCSC(N)C1. The first kappa shape index (κ1) is 20.4. The van der Waals surface area contributed by atoms with Crippen molar-refractivity contribution in [2.75, 3.05) is 18.8 Å². The van der Waals surface area contributed by atoms with Crippen LogP contribution in [0.15, 0.2) is 65.2 Å². The van der Waals surface area contributed by atoms with Crippen molar-refractivity contribution < 1.29 is 14.0 Å². The van der Waals surface area contributed by atoms with Crippen LogP contribution in [-0.4, -0.2) is 51.6 Å². The normalized spacial score (nSPS) is 16.4. The number of rotatable bonds is 7. The molecule has 2 heterocycles. The highest BCUT2D eigenvalue weighted by Gasteiger charge is 2.27. The van der Waals surface area contributed by atoms with Crippen molar-refractivity contribution in [1.29, 1.82) is 0 Å². The van der Waals surface area contributed by atoms with Gasteiger partial charge in [-0.1, -0.05) is 58.4 Å². The molecular weight excluding hydrogens is 396 g/mol. The molecule has 1 atom stereocenters. The maximum absolute atomic E-state index is 12.7. The van der Waals surface area contributed by atoms with Crippen LogP contribution in [0.4, 0.5) is 5.88 Å². The third-order valence-corrected chi connectivity index (χ3v) is 6.10. The minimum atomic E-state index is 0.0341. The van der Waals surface area contributed by atoms with Gasteiger partial charge in [-0.2, -0.15) is 5.01 Å². The molecule has 30 heavy (non-hydrogen) atoms. The number of aromatic nitrogens is 1. The summed E-state index contributed by atoms with van der Waals surface area (Å²) in [7, 11) is 0. The summed E-state index contributed by atoms with van der Waals surface area (Å²) < 4.78 is 7.24. The van der Waals surface area contributed by atoms with Crippen LogP contribution in [0.2, 0.25) is 0 Å². The summed E-state index contributed by atoms with van der Waals surface area (Å²) in [6.45, 7) is 5.68. The van der Waals surface area contributed by atoms with Crippen LogP contribution in [0, 0.1) is 0 Å². The highest BCUT2D eigenvalue weighted by Crippen LogP contribution is 2.21. The first-order chi connectivity index (χ1) is 14.6. The van der Waals surface area contributed by atoms with Gasteiger partial charge in [-0.3, -0.25) is 9.32 Å². The molecule has 154 valence electrons. The number of hydrogen-bond acceptors (Lipinski definition) is 6. The number of hydrazone groups is 1. The number of hydrazine groups is 1. The van der Waals surface area contributed by atoms with Crippen LogP contribution in [0.5, 0.6) is 0 Å². The molecule has 4 rings (SSSR count). The van der Waals surface area contributed by atoms with Gasteiger partial charge in [0.2, 0.25) is 0 Å². The van der Waals surface area contributed by atoms with Gasteiger partial charge in [0.25, 0.3) is 0 Å². The van der Waals surface area contributed by atoms with Gasteiger partial charge in [-0.15, -0.1) is 11.8 Å². The molecule has 1 aliphatic rings. The first-order valence-electron chi connectivity index (χ1n) is 9.97. The molecule has 0 aliphatic carbocycles. The molecule has 1 unspecified atom stereocenters. The second-order valence-electron chi connectivity index (χ2n) is 7.27. The number of carbonyl (C=O) groups excluding carboxylic acids is 1. The number of nitrogens with two attached hydrogens (primary N) is 1. The lowest BCUT2D eigenvalue weighted by atomic mass is 9.99. The van der Waals surface area contributed by atoms with E-state index in [1.807, 2.05) is 60.7 Å². The Morgan fingerprint density at radius 1 is 1.17 bits per heavy atom. The first-order valence-corrected chi connectivity index (χ1v) is 11.0. The van der Waals surface area contributed by atoms with E-state index < -0.39 is 0 Å². The Kier molecular flexibility index (Phi) is 6.30. The summed E-state index contributed by atoms with van der Waals surface area (Å²) in [4.78, 5) is 12.7. The molecular formula is C23H25N4O2S+. The Balaban J connectivity index is 1.39. The highest BCUT2D eigenvalue weighted by atomic mass is 32.2. The van der Waals surface area contributed by atoms with Gasteiger partial charge >= 0.3 is 5.88 Å². The molecule has 1 aromatic heterocycles. The van der Waals surface area contributed by atoms with Crippen LogP contribution in [-0.2, 0) is 12.8 Å². The standard InChI is InChI=1S/C23H25N4O2S/c1-26(27-12-13-30-21(24)16-27)22-15-20(25-29-22)11-10-17-6-5-9-19(14-17)23(28)18-7-3-2-4-8-18/h2-9,14-15,21H,1,10-13,16,24H2/q+1. The lowest BCUT2D eigenvalue weighted by Crippen LogP contribution is -2.45. The monoisotopic (exact) mass is 421 g/mol. The van der Waals surface area contributed by atoms with Gasteiger partial charge in [0, 0.05) is 16.9 Å². The molecule has 1 aliphatic heterocycles. The third kappa shape index (κ3) is 4.80. The van der Waals surface area contributed by atoms with E-state index in [1.165, 1.54) is 0 Å². The van der Waals surface area contributed by atoms with Crippen LogP contribution in [0.3, 0.4) is 0 Å². The molecule has 2 aromatic carbocycles. The quantitative estimate of drug-likeness (QED) is 0.358. The molecule has 0 radical (unpaired) electrons. The number of aryl methyl sites for hydroxylation is 2. The molecule has 0 amide bonds. The number of thioether (sulfide) groups is 1. The average molecular weight is 422 g/mol. The zero-order valence-electron chi connectivity index (χ0n) is 16.7. The van der Waals surface area contributed by atoms with Gasteiger partial charge in [0.1, 0.15) is 0 Å². The molecule has 6 nitrogen and oxygen atoms in total. The maximum atomic E-state index is 12.7. The van der Waals surface area contributed by atoms with Crippen molar-refractivity contribution in [2.24, 2.45) is 5.73 Å². The summed E-state index contributed by atoms with van der Waals surface area (Å²) in [5, 5.41) is 6.34. The minimum absolute atomic E-state index is 0.0341. The van der Waals surface area contributed by atoms with E-state index in [-0.39, 0.29) is 11.2 Å². The largest absolute Gasteiger partial charge is 0.424 e. The lowest BCUT2D eigenvalue weighted by molar-refractivity contribution is -0.626. The second kappa shape index (κ2) is 9.28. The smallest absolute Gasteiger partial charge is 0.318 e. The highest BCUT2D eigenvalue weighted by molar-refractivity contribution is 7.99. The Morgan fingerprint density at radius 3 is 2.77 bits per heavy atom. The third-order valence-electron chi connectivity index (χ3n) is 5.11. The zero-order valence-corrected chi connectivity index (χ0v) is 17.6. The van der Waals surface area contributed by atoms with Crippen molar-refractivity contribution in [2.45, 2.75) is 18.2 Å². The number of hydrogen-bond donors (Lipinski definition) is 1. The fourth-order valence-corrected chi connectivity index (χ4v) is 4.35. The molecule has 0 bridgehead atoms. The van der Waals surface area contributed by atoms with E-state index in [1.54, 1.807) is 16.4 Å². The van der Waals surface area contributed by atoms with E-state index in [2.05, 4.69) is 16.9 Å². The number of nitrogens with zero attached hydrogens (tertiary/aromatic N) is 3. The molecule has 7 heteroatoms. The van der Waals surface area contributed by atoms with Crippen molar-refractivity contribution in [3.8, 4) is 0 Å². The van der Waals surface area contributed by atoms with Crippen LogP contribution in [0.1, 0.15) is 27.2 Å².